The number of hydrogen-bond acceptors (Lipinski definition) is 5. The first-order chi connectivity index (χ1) is 12.3. The zero-order chi connectivity index (χ0) is 18.9. The van der Waals surface area contributed by atoms with Gasteiger partial charge >= 0.3 is 12.1 Å². The van der Waals surface area contributed by atoms with Crippen molar-refractivity contribution in [1.29, 1.82) is 0 Å². The molecule has 7 nitrogen and oxygen atoms in total. The highest BCUT2D eigenvalue weighted by Crippen LogP contribution is 2.37. The first-order valence-electron chi connectivity index (χ1n) is 7.21. The van der Waals surface area contributed by atoms with Gasteiger partial charge in [0.15, 0.2) is 0 Å². The predicted octanol–water partition coefficient (Wildman–Crippen LogP) is 3.93. The fraction of sp³-hybridized carbons (Fsp3) is 0.125. The predicted molar refractivity (Wildman–Crippen MR) is 83.4 cm³/mol. The number of nitrogens with one attached hydrogen (secondary N) is 1. The smallest absolute Gasteiger partial charge is 0.429 e. The first kappa shape index (κ1) is 17.4. The number of halogens is 3. The van der Waals surface area contributed by atoms with Crippen LogP contribution in [0.2, 0.25) is 0 Å². The minimum Gasteiger partial charge on any atom is -0.444 e. The number of carbonyl (C=O) groups is 1. The molecule has 3 rings (SSSR count). The lowest BCUT2D eigenvalue weighted by atomic mass is 10.1. The van der Waals surface area contributed by atoms with E-state index in [1.807, 2.05) is 0 Å². The number of pyridine rings is 1. The van der Waals surface area contributed by atoms with Gasteiger partial charge in [-0.25, -0.2) is 9.78 Å². The summed E-state index contributed by atoms with van der Waals surface area (Å²) in [6.07, 6.45) is -4.69. The zero-order valence-electron chi connectivity index (χ0n) is 12.9. The Bertz CT molecular complexity index is 967. The van der Waals surface area contributed by atoms with Gasteiger partial charge < -0.3 is 9.72 Å². The second-order valence-electron chi connectivity index (χ2n) is 5.27. The van der Waals surface area contributed by atoms with Crippen molar-refractivity contribution in [3.63, 3.8) is 0 Å². The van der Waals surface area contributed by atoms with Crippen molar-refractivity contribution in [2.75, 3.05) is 0 Å². The molecule has 134 valence electrons. The van der Waals surface area contributed by atoms with E-state index < -0.39 is 28.7 Å². The topological polar surface area (TPSA) is 98.1 Å². The zero-order valence-corrected chi connectivity index (χ0v) is 12.9. The largest absolute Gasteiger partial charge is 0.444 e. The van der Waals surface area contributed by atoms with Crippen molar-refractivity contribution >= 4 is 22.7 Å². The van der Waals surface area contributed by atoms with E-state index in [-0.39, 0.29) is 11.3 Å². The first-order valence-corrected chi connectivity index (χ1v) is 7.21. The summed E-state index contributed by atoms with van der Waals surface area (Å²) in [5.74, 6) is -1.18. The Labute approximate surface area is 143 Å². The summed E-state index contributed by atoms with van der Waals surface area (Å²) < 4.78 is 44.8. The van der Waals surface area contributed by atoms with E-state index in [2.05, 4.69) is 14.7 Å². The van der Waals surface area contributed by atoms with Crippen molar-refractivity contribution in [3.05, 3.63) is 70.0 Å². The van der Waals surface area contributed by atoms with Crippen LogP contribution in [0.3, 0.4) is 0 Å². The van der Waals surface area contributed by atoms with Gasteiger partial charge in [-0.05, 0) is 24.3 Å². The molecule has 2 aromatic heterocycles. The number of nitro benzene ring substituents is 1. The molecule has 0 aliphatic carbocycles. The Kier molecular flexibility index (Phi) is 4.33. The van der Waals surface area contributed by atoms with Crippen LogP contribution < -0.4 is 0 Å². The number of benzene rings is 1. The number of esters is 1. The molecule has 0 aliphatic heterocycles. The summed E-state index contributed by atoms with van der Waals surface area (Å²) in [6.45, 7) is 0. The van der Waals surface area contributed by atoms with E-state index in [1.54, 1.807) is 0 Å². The monoisotopic (exact) mass is 365 g/mol. The van der Waals surface area contributed by atoms with Crippen LogP contribution in [0.15, 0.2) is 48.8 Å². The summed E-state index contributed by atoms with van der Waals surface area (Å²) in [5.41, 5.74) is -0.536. The molecule has 0 radical (unpaired) electrons. The maximum Gasteiger partial charge on any atom is 0.429 e. The normalized spacial score (nSPS) is 12.7. The molecule has 1 atom stereocenters. The van der Waals surface area contributed by atoms with Crippen LogP contribution in [-0.2, 0) is 4.74 Å². The van der Waals surface area contributed by atoms with Crippen LogP contribution >= 0.6 is 0 Å². The van der Waals surface area contributed by atoms with Crippen LogP contribution in [0.5, 0.6) is 0 Å². The van der Waals surface area contributed by atoms with Gasteiger partial charge in [0.25, 0.3) is 5.69 Å². The minimum absolute atomic E-state index is 0.0765. The number of aromatic amines is 1. The quantitative estimate of drug-likeness (QED) is 0.429. The summed E-state index contributed by atoms with van der Waals surface area (Å²) >= 11 is 0. The van der Waals surface area contributed by atoms with Crippen LogP contribution in [0.4, 0.5) is 18.9 Å². The number of nitrogens with zero attached hydrogens (tertiary/aromatic N) is 2. The Morgan fingerprint density at radius 2 is 1.88 bits per heavy atom. The van der Waals surface area contributed by atoms with Crippen LogP contribution in [-0.4, -0.2) is 27.0 Å². The average Bonchev–Trinajstić information content (AvgIpc) is 3.07. The molecule has 2 heterocycles. The minimum atomic E-state index is -4.89. The van der Waals surface area contributed by atoms with Gasteiger partial charge in [-0.1, -0.05) is 0 Å². The molecule has 0 amide bonds. The Balaban J connectivity index is 1.93. The molecule has 0 fully saturated rings. The molecular weight excluding hydrogens is 355 g/mol. The number of fused-ring (bicyclic) bond motifs is 1. The van der Waals surface area contributed by atoms with Crippen molar-refractivity contribution in [2.45, 2.75) is 12.3 Å². The fourth-order valence-electron chi connectivity index (χ4n) is 2.40. The number of H-pyrrole nitrogens is 1. The summed E-state index contributed by atoms with van der Waals surface area (Å²) in [4.78, 5) is 28.9. The highest BCUT2D eigenvalue weighted by atomic mass is 19.4. The standard InChI is InChI=1S/C16H10F3N3O4/c17-16(18,19)13(9-1-3-10(4-2-9)22(24)25)26-15(23)12-6-8-21-14-11(12)5-7-20-14/h1-8,13H,(H,20,21). The molecule has 1 aromatic carbocycles. The van der Waals surface area contributed by atoms with E-state index in [1.165, 1.54) is 24.5 Å². The van der Waals surface area contributed by atoms with Gasteiger partial charge in [0.05, 0.1) is 10.5 Å². The van der Waals surface area contributed by atoms with E-state index in [4.69, 9.17) is 0 Å². The van der Waals surface area contributed by atoms with Crippen molar-refractivity contribution in [1.82, 2.24) is 9.97 Å². The molecule has 0 spiro atoms. The third-order valence-corrected chi connectivity index (χ3v) is 3.61. The molecule has 1 unspecified atom stereocenters. The number of alkyl halides is 3. The van der Waals surface area contributed by atoms with Crippen molar-refractivity contribution < 1.29 is 27.6 Å². The van der Waals surface area contributed by atoms with E-state index in [9.17, 15) is 28.1 Å². The Morgan fingerprint density at radius 1 is 1.19 bits per heavy atom. The lowest BCUT2D eigenvalue weighted by molar-refractivity contribution is -0.384. The number of ether oxygens (including phenoxy) is 1. The molecule has 10 heteroatoms. The second-order valence-corrected chi connectivity index (χ2v) is 5.27. The maximum atomic E-state index is 13.4. The van der Waals surface area contributed by atoms with Gasteiger partial charge in [0.1, 0.15) is 5.65 Å². The number of non-ortho nitro benzene ring substituents is 1. The van der Waals surface area contributed by atoms with E-state index in [0.717, 1.165) is 24.3 Å². The van der Waals surface area contributed by atoms with Crippen LogP contribution in [0, 0.1) is 10.1 Å². The summed E-state index contributed by atoms with van der Waals surface area (Å²) in [7, 11) is 0. The van der Waals surface area contributed by atoms with Gasteiger partial charge in [0.2, 0.25) is 6.10 Å². The Morgan fingerprint density at radius 3 is 2.50 bits per heavy atom. The molecule has 0 bridgehead atoms. The van der Waals surface area contributed by atoms with Crippen molar-refractivity contribution in [2.24, 2.45) is 0 Å². The lowest BCUT2D eigenvalue weighted by Crippen LogP contribution is -2.26. The van der Waals surface area contributed by atoms with Crippen LogP contribution in [0.1, 0.15) is 22.0 Å². The molecule has 0 saturated heterocycles. The maximum absolute atomic E-state index is 13.4. The van der Waals surface area contributed by atoms with Crippen molar-refractivity contribution in [3.8, 4) is 0 Å². The molecule has 1 N–H and O–H groups in total. The molecular formula is C16H10F3N3O4. The van der Waals surface area contributed by atoms with Gasteiger partial charge in [0, 0.05) is 35.5 Å². The van der Waals surface area contributed by atoms with E-state index in [0.29, 0.717) is 11.0 Å². The highest BCUT2D eigenvalue weighted by Gasteiger charge is 2.44. The number of rotatable bonds is 4. The Hall–Kier alpha value is -3.43. The molecule has 0 saturated carbocycles. The van der Waals surface area contributed by atoms with Crippen LogP contribution in [0.25, 0.3) is 11.0 Å². The number of carbonyl (C=O) groups excluding carboxylic acids is 1. The lowest BCUT2D eigenvalue weighted by Gasteiger charge is -2.21. The summed E-state index contributed by atoms with van der Waals surface area (Å²) in [6, 6.07) is 6.39. The third-order valence-electron chi connectivity index (χ3n) is 3.61. The summed E-state index contributed by atoms with van der Waals surface area (Å²) in [5, 5.41) is 11.0. The van der Waals surface area contributed by atoms with Gasteiger partial charge in [-0.15, -0.1) is 0 Å². The number of nitro groups is 1. The number of aromatic nitrogens is 2. The fourth-order valence-corrected chi connectivity index (χ4v) is 2.40. The molecule has 3 aromatic rings. The molecule has 0 aliphatic rings. The second kappa shape index (κ2) is 6.47. The average molecular weight is 365 g/mol. The molecule has 26 heavy (non-hydrogen) atoms. The van der Waals surface area contributed by atoms with Gasteiger partial charge in [-0.3, -0.25) is 10.1 Å². The van der Waals surface area contributed by atoms with E-state index >= 15 is 0 Å². The number of hydrogen-bond donors (Lipinski definition) is 1. The highest BCUT2D eigenvalue weighted by molar-refractivity contribution is 6.02. The third kappa shape index (κ3) is 3.34. The SMILES string of the molecule is O=C(OC(c1ccc([N+](=O)[O-])cc1)C(F)(F)F)c1ccnc2[nH]ccc12. The van der Waals surface area contributed by atoms with Gasteiger partial charge in [-0.2, -0.15) is 13.2 Å².